The summed E-state index contributed by atoms with van der Waals surface area (Å²) in [6, 6.07) is 5.43. The van der Waals surface area contributed by atoms with Crippen molar-refractivity contribution >= 4 is 44.7 Å². The second-order valence-electron chi connectivity index (χ2n) is 8.79. The average Bonchev–Trinajstić information content (AvgIpc) is 3.70. The molecular formula is C24H23N5O7S2. The molecule has 1 saturated heterocycles. The van der Waals surface area contributed by atoms with Crippen molar-refractivity contribution in [1.29, 1.82) is 0 Å². The van der Waals surface area contributed by atoms with E-state index in [9.17, 15) is 15.0 Å². The highest BCUT2D eigenvalue weighted by molar-refractivity contribution is 7.18. The number of carbonyl (C=O) groups is 1. The van der Waals surface area contributed by atoms with Crippen LogP contribution in [0.1, 0.15) is 23.5 Å². The smallest absolute Gasteiger partial charge is 0.407 e. The monoisotopic (exact) mass is 557 g/mol. The van der Waals surface area contributed by atoms with Gasteiger partial charge in [-0.15, -0.1) is 16.4 Å². The van der Waals surface area contributed by atoms with E-state index in [1.807, 2.05) is 11.4 Å². The normalized spacial score (nSPS) is 15.3. The van der Waals surface area contributed by atoms with Gasteiger partial charge in [0.1, 0.15) is 40.0 Å². The first kappa shape index (κ1) is 24.5. The number of thiazole rings is 1. The van der Waals surface area contributed by atoms with E-state index >= 15 is 0 Å². The second-order valence-corrected chi connectivity index (χ2v) is 10.6. The molecule has 0 atom stereocenters. The minimum Gasteiger partial charge on any atom is -0.496 e. The Hall–Kier alpha value is -3.88. The Labute approximate surface area is 223 Å². The van der Waals surface area contributed by atoms with Crippen molar-refractivity contribution in [3.8, 4) is 28.1 Å². The standard InChI is InChI=1S/C24H23N5O7S2/c1-33-14-7-17(35-11-13-12-37-20(26-13)24(32)3-5-28(6-4-24)23(30)31)15-9-19(36-18(15)8-14)16-10-25-21-29(16)27-22(34-2)38-21/h7-10,12,32H,3-6,11H2,1-2H3,(H,30,31). The number of ether oxygens (including phenoxy) is 3. The number of imidazole rings is 1. The lowest BCUT2D eigenvalue weighted by Gasteiger charge is -2.35. The third-order valence-electron chi connectivity index (χ3n) is 6.49. The van der Waals surface area contributed by atoms with E-state index in [4.69, 9.17) is 18.6 Å². The summed E-state index contributed by atoms with van der Waals surface area (Å²) in [6.45, 7) is 0.689. The number of benzene rings is 1. The molecule has 0 radical (unpaired) electrons. The molecule has 0 unspecified atom stereocenters. The van der Waals surface area contributed by atoms with Crippen molar-refractivity contribution in [2.24, 2.45) is 0 Å². The fourth-order valence-corrected chi connectivity index (χ4v) is 6.05. The Kier molecular flexibility index (Phi) is 6.08. The van der Waals surface area contributed by atoms with Crippen LogP contribution < -0.4 is 14.2 Å². The van der Waals surface area contributed by atoms with Gasteiger partial charge in [-0.1, -0.05) is 0 Å². The van der Waals surface area contributed by atoms with Gasteiger partial charge < -0.3 is 33.7 Å². The van der Waals surface area contributed by atoms with E-state index in [-0.39, 0.29) is 19.7 Å². The summed E-state index contributed by atoms with van der Waals surface area (Å²) in [5.41, 5.74) is 0.759. The first-order valence-corrected chi connectivity index (χ1v) is 13.3. The van der Waals surface area contributed by atoms with Crippen LogP contribution in [-0.2, 0) is 12.2 Å². The average molecular weight is 558 g/mol. The maximum absolute atomic E-state index is 11.2. The number of methoxy groups -OCH3 is 2. The first-order chi connectivity index (χ1) is 18.4. The highest BCUT2D eigenvalue weighted by Gasteiger charge is 2.38. The Morgan fingerprint density at radius 2 is 2.03 bits per heavy atom. The van der Waals surface area contributed by atoms with Gasteiger partial charge in [-0.2, -0.15) is 4.52 Å². The predicted octanol–water partition coefficient (Wildman–Crippen LogP) is 4.22. The number of fused-ring (bicyclic) bond motifs is 2. The van der Waals surface area contributed by atoms with Crippen LogP contribution in [0.4, 0.5) is 4.79 Å². The lowest BCUT2D eigenvalue weighted by atomic mass is 9.92. The molecular weight excluding hydrogens is 534 g/mol. The molecule has 0 aliphatic carbocycles. The predicted molar refractivity (Wildman–Crippen MR) is 138 cm³/mol. The number of aromatic nitrogens is 4. The third-order valence-corrected chi connectivity index (χ3v) is 8.46. The molecule has 1 aromatic carbocycles. The van der Waals surface area contributed by atoms with Crippen LogP contribution in [0.25, 0.3) is 27.4 Å². The summed E-state index contributed by atoms with van der Waals surface area (Å²) >= 11 is 2.67. The molecule has 1 aliphatic rings. The van der Waals surface area contributed by atoms with Gasteiger partial charge in [0.05, 0.1) is 31.5 Å². The SMILES string of the molecule is COc1cc(OCc2csc(C3(O)CCN(C(=O)O)CC3)n2)c2cc(-c3cnc4sc(OC)nn34)oc2c1. The van der Waals surface area contributed by atoms with Crippen LogP contribution >= 0.6 is 22.7 Å². The van der Waals surface area contributed by atoms with E-state index < -0.39 is 11.7 Å². The van der Waals surface area contributed by atoms with Crippen LogP contribution in [-0.4, -0.2) is 68.1 Å². The number of amides is 1. The third kappa shape index (κ3) is 4.29. The maximum Gasteiger partial charge on any atom is 0.407 e. The minimum atomic E-state index is -1.15. The zero-order chi connectivity index (χ0) is 26.4. The Morgan fingerprint density at radius 3 is 2.76 bits per heavy atom. The van der Waals surface area contributed by atoms with E-state index in [1.165, 1.54) is 27.6 Å². The van der Waals surface area contributed by atoms with Gasteiger partial charge in [-0.05, 0) is 17.4 Å². The van der Waals surface area contributed by atoms with Gasteiger partial charge in [-0.3, -0.25) is 0 Å². The van der Waals surface area contributed by atoms with Crippen LogP contribution in [0.15, 0.2) is 34.2 Å². The zero-order valence-corrected chi connectivity index (χ0v) is 22.0. The summed E-state index contributed by atoms with van der Waals surface area (Å²) in [7, 11) is 3.13. The van der Waals surface area contributed by atoms with Crippen LogP contribution in [0.2, 0.25) is 0 Å². The summed E-state index contributed by atoms with van der Waals surface area (Å²) in [4.78, 5) is 22.2. The Bertz CT molecular complexity index is 1630. The number of likely N-dealkylation sites (tertiary alicyclic amines) is 1. The molecule has 38 heavy (non-hydrogen) atoms. The topological polar surface area (TPSA) is 145 Å². The first-order valence-electron chi connectivity index (χ1n) is 11.7. The van der Waals surface area contributed by atoms with Crippen molar-refractivity contribution in [3.05, 3.63) is 40.5 Å². The number of hydrogen-bond donors (Lipinski definition) is 2. The molecule has 0 spiro atoms. The molecule has 0 bridgehead atoms. The van der Waals surface area contributed by atoms with Gasteiger partial charge in [-0.25, -0.2) is 14.8 Å². The summed E-state index contributed by atoms with van der Waals surface area (Å²) in [5.74, 6) is 1.68. The molecule has 198 valence electrons. The van der Waals surface area contributed by atoms with Gasteiger partial charge >= 0.3 is 6.09 Å². The van der Waals surface area contributed by atoms with Gasteiger partial charge in [0.15, 0.2) is 5.76 Å². The fourth-order valence-electron chi connectivity index (χ4n) is 4.39. The van der Waals surface area contributed by atoms with Crippen molar-refractivity contribution < 1.29 is 33.6 Å². The number of rotatable bonds is 7. The number of carboxylic acid groups (broad SMARTS) is 1. The lowest BCUT2D eigenvalue weighted by Crippen LogP contribution is -2.44. The number of piperidine rings is 1. The highest BCUT2D eigenvalue weighted by Crippen LogP contribution is 2.39. The minimum absolute atomic E-state index is 0.164. The number of nitrogens with zero attached hydrogens (tertiary/aromatic N) is 5. The molecule has 14 heteroatoms. The number of furan rings is 1. The van der Waals surface area contributed by atoms with Gasteiger partial charge in [0, 0.05) is 43.4 Å². The van der Waals surface area contributed by atoms with Gasteiger partial charge in [0.2, 0.25) is 4.96 Å². The molecule has 1 amide bonds. The highest BCUT2D eigenvalue weighted by atomic mass is 32.1. The summed E-state index contributed by atoms with van der Waals surface area (Å²) in [5, 5.41) is 28.3. The quantitative estimate of drug-likeness (QED) is 0.298. The van der Waals surface area contributed by atoms with E-state index in [0.717, 1.165) is 5.39 Å². The maximum atomic E-state index is 11.2. The lowest BCUT2D eigenvalue weighted by molar-refractivity contribution is -0.0216. The van der Waals surface area contributed by atoms with Crippen LogP contribution in [0, 0.1) is 0 Å². The number of aliphatic hydroxyl groups is 1. The van der Waals surface area contributed by atoms with Crippen molar-refractivity contribution in [3.63, 3.8) is 0 Å². The molecule has 1 aliphatic heterocycles. The molecule has 5 heterocycles. The molecule has 2 N–H and O–H groups in total. The van der Waals surface area contributed by atoms with Crippen molar-refractivity contribution in [2.75, 3.05) is 27.3 Å². The fraction of sp³-hybridized carbons (Fsp3) is 0.333. The molecule has 4 aromatic heterocycles. The largest absolute Gasteiger partial charge is 0.496 e. The zero-order valence-electron chi connectivity index (χ0n) is 20.4. The second kappa shape index (κ2) is 9.45. The molecule has 0 saturated carbocycles. The molecule has 5 aromatic rings. The van der Waals surface area contributed by atoms with E-state index in [2.05, 4.69) is 15.1 Å². The van der Waals surface area contributed by atoms with E-state index in [0.29, 0.717) is 62.2 Å². The Balaban J connectivity index is 1.24. The Morgan fingerprint density at radius 1 is 1.21 bits per heavy atom. The van der Waals surface area contributed by atoms with Crippen molar-refractivity contribution in [2.45, 2.75) is 25.0 Å². The number of hydrogen-bond acceptors (Lipinski definition) is 11. The van der Waals surface area contributed by atoms with Crippen molar-refractivity contribution in [1.82, 2.24) is 24.5 Å². The summed E-state index contributed by atoms with van der Waals surface area (Å²) in [6.07, 6.45) is 1.31. The summed E-state index contributed by atoms with van der Waals surface area (Å²) < 4.78 is 24.6. The molecule has 6 rings (SSSR count). The van der Waals surface area contributed by atoms with Crippen LogP contribution in [0.3, 0.4) is 0 Å². The van der Waals surface area contributed by atoms with Crippen LogP contribution in [0.5, 0.6) is 16.7 Å². The molecule has 1 fully saturated rings. The van der Waals surface area contributed by atoms with E-state index in [1.54, 1.807) is 37.1 Å². The van der Waals surface area contributed by atoms with Gasteiger partial charge in [0.25, 0.3) is 5.19 Å². The molecule has 12 nitrogen and oxygen atoms in total.